The summed E-state index contributed by atoms with van der Waals surface area (Å²) in [5, 5.41) is 20.7. The van der Waals surface area contributed by atoms with E-state index in [1.807, 2.05) is 13.0 Å². The van der Waals surface area contributed by atoms with Crippen molar-refractivity contribution >= 4 is 5.97 Å². The molecule has 3 rings (SSSR count). The number of carbonyl (C=O) groups excluding carboxylic acids is 1. The molecule has 0 amide bonds. The molecule has 2 fully saturated rings. The van der Waals surface area contributed by atoms with Gasteiger partial charge < -0.3 is 14.9 Å². The number of rotatable bonds is 0. The average Bonchev–Trinajstić information content (AvgIpc) is 2.61. The van der Waals surface area contributed by atoms with Crippen molar-refractivity contribution in [1.82, 2.24) is 0 Å². The van der Waals surface area contributed by atoms with Crippen LogP contribution in [0.25, 0.3) is 0 Å². The molecule has 1 saturated carbocycles. The molecule has 4 heteroatoms. The molecule has 0 aromatic rings. The molecule has 0 aromatic heterocycles. The predicted molar refractivity (Wildman–Crippen MR) is 69.1 cm³/mol. The minimum absolute atomic E-state index is 0.0490. The number of esters is 1. The molecule has 1 heterocycles. The van der Waals surface area contributed by atoms with E-state index < -0.39 is 11.7 Å². The molecule has 0 spiro atoms. The molecule has 4 nitrogen and oxygen atoms in total. The Kier molecular flexibility index (Phi) is 2.67. The zero-order valence-electron chi connectivity index (χ0n) is 11.3. The molecule has 104 valence electrons. The molecule has 2 N–H and O–H groups in total. The maximum absolute atomic E-state index is 11.6. The Hall–Kier alpha value is -1.13. The summed E-state index contributed by atoms with van der Waals surface area (Å²) in [6, 6.07) is 0. The van der Waals surface area contributed by atoms with Crippen LogP contribution < -0.4 is 0 Å². The van der Waals surface area contributed by atoms with Crippen LogP contribution in [-0.2, 0) is 9.53 Å². The van der Waals surface area contributed by atoms with Gasteiger partial charge in [-0.3, -0.25) is 0 Å². The van der Waals surface area contributed by atoms with Crippen molar-refractivity contribution in [3.05, 3.63) is 23.8 Å². The summed E-state index contributed by atoms with van der Waals surface area (Å²) >= 11 is 0. The number of hydrogen-bond acceptors (Lipinski definition) is 4. The zero-order chi connectivity index (χ0) is 13.9. The Morgan fingerprint density at radius 1 is 1.53 bits per heavy atom. The van der Waals surface area contributed by atoms with Crippen LogP contribution in [-0.4, -0.2) is 34.0 Å². The van der Waals surface area contributed by atoms with Crippen LogP contribution in [0.2, 0.25) is 0 Å². The highest BCUT2D eigenvalue weighted by Crippen LogP contribution is 2.51. The van der Waals surface area contributed by atoms with Crippen LogP contribution in [0.15, 0.2) is 23.8 Å². The van der Waals surface area contributed by atoms with Gasteiger partial charge in [-0.05, 0) is 32.3 Å². The van der Waals surface area contributed by atoms with Gasteiger partial charge in [-0.1, -0.05) is 12.2 Å². The maximum Gasteiger partial charge on any atom is 0.334 e. The molecule has 1 unspecified atom stereocenters. The van der Waals surface area contributed by atoms with E-state index >= 15 is 0 Å². The van der Waals surface area contributed by atoms with E-state index in [-0.39, 0.29) is 29.8 Å². The number of aliphatic hydroxyl groups is 2. The minimum atomic E-state index is -0.903. The fourth-order valence-corrected chi connectivity index (χ4v) is 4.08. The third-order valence-corrected chi connectivity index (χ3v) is 5.08. The Morgan fingerprint density at radius 3 is 2.89 bits per heavy atom. The van der Waals surface area contributed by atoms with Gasteiger partial charge in [0.2, 0.25) is 0 Å². The average molecular weight is 264 g/mol. The highest BCUT2D eigenvalue weighted by atomic mass is 16.5. The van der Waals surface area contributed by atoms with E-state index in [9.17, 15) is 15.0 Å². The summed E-state index contributed by atoms with van der Waals surface area (Å²) in [7, 11) is 0. The fourth-order valence-electron chi connectivity index (χ4n) is 4.08. The van der Waals surface area contributed by atoms with Gasteiger partial charge in [-0.15, -0.1) is 0 Å². The normalized spacial score (nSPS) is 49.3. The summed E-state index contributed by atoms with van der Waals surface area (Å²) in [6.45, 7) is 7.54. The molecule has 3 aliphatic rings. The second kappa shape index (κ2) is 3.93. The smallest absolute Gasteiger partial charge is 0.334 e. The van der Waals surface area contributed by atoms with Crippen LogP contribution in [0.3, 0.4) is 0 Å². The van der Waals surface area contributed by atoms with Gasteiger partial charge in [0.05, 0.1) is 11.7 Å². The van der Waals surface area contributed by atoms with Gasteiger partial charge in [-0.2, -0.15) is 0 Å². The summed E-state index contributed by atoms with van der Waals surface area (Å²) < 4.78 is 5.32. The van der Waals surface area contributed by atoms with Crippen LogP contribution >= 0.6 is 0 Å². The van der Waals surface area contributed by atoms with Crippen LogP contribution in [0.4, 0.5) is 0 Å². The lowest BCUT2D eigenvalue weighted by Gasteiger charge is -2.30. The first-order valence-corrected chi connectivity index (χ1v) is 6.80. The van der Waals surface area contributed by atoms with Gasteiger partial charge in [-0.25, -0.2) is 4.79 Å². The molecule has 1 aliphatic heterocycles. The monoisotopic (exact) mass is 264 g/mol. The molecule has 2 aliphatic carbocycles. The van der Waals surface area contributed by atoms with Gasteiger partial charge in [0.15, 0.2) is 0 Å². The van der Waals surface area contributed by atoms with E-state index in [1.54, 1.807) is 6.92 Å². The molecular weight excluding hydrogens is 244 g/mol. The molecule has 6 atom stereocenters. The molecule has 0 radical (unpaired) electrons. The summed E-state index contributed by atoms with van der Waals surface area (Å²) in [5.41, 5.74) is 0.595. The number of carbonyl (C=O) groups is 1. The van der Waals surface area contributed by atoms with Crippen LogP contribution in [0.5, 0.6) is 0 Å². The lowest BCUT2D eigenvalue weighted by molar-refractivity contribution is -0.137. The quantitative estimate of drug-likeness (QED) is 0.392. The maximum atomic E-state index is 11.6. The molecule has 0 aromatic carbocycles. The first kappa shape index (κ1) is 12.9. The lowest BCUT2D eigenvalue weighted by Crippen LogP contribution is -2.33. The van der Waals surface area contributed by atoms with Crippen molar-refractivity contribution < 1.29 is 19.7 Å². The highest BCUT2D eigenvalue weighted by molar-refractivity contribution is 5.91. The number of ether oxygens (including phenoxy) is 1. The van der Waals surface area contributed by atoms with Crippen molar-refractivity contribution in [2.75, 3.05) is 0 Å². The SMILES string of the molecule is C=C1C(=O)O[C@@H]2C=C(C)C3[C@@H](C[C@H]12)[C@](C)(O)C[C@@H]3O. The first-order chi connectivity index (χ1) is 8.81. The Labute approximate surface area is 112 Å². The van der Waals surface area contributed by atoms with Gasteiger partial charge in [0, 0.05) is 23.8 Å². The molecular formula is C15H20O4. The summed E-state index contributed by atoms with van der Waals surface area (Å²) in [5.74, 6) is -0.517. The van der Waals surface area contributed by atoms with E-state index in [1.165, 1.54) is 0 Å². The Bertz CT molecular complexity index is 477. The van der Waals surface area contributed by atoms with Crippen molar-refractivity contribution in [2.45, 2.75) is 44.5 Å². The van der Waals surface area contributed by atoms with Crippen molar-refractivity contribution in [3.8, 4) is 0 Å². The van der Waals surface area contributed by atoms with Crippen molar-refractivity contribution in [2.24, 2.45) is 17.8 Å². The predicted octanol–water partition coefficient (Wildman–Crippen LogP) is 1.18. The van der Waals surface area contributed by atoms with E-state index in [4.69, 9.17) is 4.74 Å². The zero-order valence-corrected chi connectivity index (χ0v) is 11.3. The highest BCUT2D eigenvalue weighted by Gasteiger charge is 2.54. The van der Waals surface area contributed by atoms with Crippen molar-refractivity contribution in [3.63, 3.8) is 0 Å². The first-order valence-electron chi connectivity index (χ1n) is 6.80. The van der Waals surface area contributed by atoms with Gasteiger partial charge in [0.25, 0.3) is 0 Å². The topological polar surface area (TPSA) is 66.8 Å². The third kappa shape index (κ3) is 1.77. The van der Waals surface area contributed by atoms with Crippen molar-refractivity contribution in [1.29, 1.82) is 0 Å². The second-order valence-corrected chi connectivity index (χ2v) is 6.41. The Morgan fingerprint density at radius 2 is 2.21 bits per heavy atom. The van der Waals surface area contributed by atoms with Crippen LogP contribution in [0.1, 0.15) is 26.7 Å². The largest absolute Gasteiger partial charge is 0.454 e. The van der Waals surface area contributed by atoms with E-state index in [0.29, 0.717) is 18.4 Å². The van der Waals surface area contributed by atoms with E-state index in [0.717, 1.165) is 5.57 Å². The summed E-state index contributed by atoms with van der Waals surface area (Å²) in [6.07, 6.45) is 2.13. The third-order valence-electron chi connectivity index (χ3n) is 5.08. The number of fused-ring (bicyclic) bond motifs is 2. The second-order valence-electron chi connectivity index (χ2n) is 6.41. The number of aliphatic hydroxyl groups excluding tert-OH is 1. The number of hydrogen-bond donors (Lipinski definition) is 2. The molecule has 0 bridgehead atoms. The van der Waals surface area contributed by atoms with Gasteiger partial charge >= 0.3 is 5.97 Å². The Balaban J connectivity index is 2.01. The fraction of sp³-hybridized carbons (Fsp3) is 0.667. The minimum Gasteiger partial charge on any atom is -0.454 e. The van der Waals surface area contributed by atoms with E-state index in [2.05, 4.69) is 6.58 Å². The molecule has 19 heavy (non-hydrogen) atoms. The lowest BCUT2D eigenvalue weighted by atomic mass is 9.78. The van der Waals surface area contributed by atoms with Gasteiger partial charge in [0.1, 0.15) is 6.10 Å². The standard InChI is InChI=1S/C15H20O4/c1-7-4-12-9(8(2)14(17)19-12)5-10-13(7)11(16)6-15(10,3)18/h4,9-13,16,18H,2,5-6H2,1,3H3/t9-,10-,11+,12-,13?,15-/m1/s1. The van der Waals surface area contributed by atoms with Crippen LogP contribution in [0, 0.1) is 17.8 Å². The summed E-state index contributed by atoms with van der Waals surface area (Å²) in [4.78, 5) is 11.6. The molecule has 1 saturated heterocycles.